The number of rotatable bonds is 5. The van der Waals surface area contributed by atoms with Gasteiger partial charge < -0.3 is 9.47 Å². The summed E-state index contributed by atoms with van der Waals surface area (Å²) in [6.07, 6.45) is 4.27. The predicted molar refractivity (Wildman–Crippen MR) is 104 cm³/mol. The van der Waals surface area contributed by atoms with Crippen LogP contribution in [-0.2, 0) is 16.6 Å². The Kier molecular flexibility index (Phi) is 5.06. The lowest BCUT2D eigenvalue weighted by Crippen LogP contribution is -2.26. The fourth-order valence-electron chi connectivity index (χ4n) is 2.99. The molecule has 0 aliphatic carbocycles. The van der Waals surface area contributed by atoms with Gasteiger partial charge in [-0.3, -0.25) is 0 Å². The zero-order chi connectivity index (χ0) is 19.6. The first kappa shape index (κ1) is 18.5. The van der Waals surface area contributed by atoms with Gasteiger partial charge in [-0.1, -0.05) is 18.2 Å². The van der Waals surface area contributed by atoms with Crippen LogP contribution in [0.4, 0.5) is 0 Å². The maximum absolute atomic E-state index is 13.0. The van der Waals surface area contributed by atoms with Crippen LogP contribution >= 0.6 is 0 Å². The summed E-state index contributed by atoms with van der Waals surface area (Å²) in [5.74, 6) is 1.03. The fraction of sp³-hybridized carbons (Fsp3) is 0.250. The zero-order valence-corrected chi connectivity index (χ0v) is 16.3. The minimum absolute atomic E-state index is 0.176. The molecule has 0 N–H and O–H groups in total. The largest absolute Gasteiger partial charge is 0.490 e. The minimum atomic E-state index is -3.68. The number of sulfonamides is 1. The van der Waals surface area contributed by atoms with Gasteiger partial charge in [-0.15, -0.1) is 0 Å². The van der Waals surface area contributed by atoms with Crippen LogP contribution in [0.5, 0.6) is 11.5 Å². The molecule has 0 unspecified atom stereocenters. The molecule has 0 saturated carbocycles. The number of hydrogen-bond acceptors (Lipinski definition) is 5. The molecule has 0 spiro atoms. The SMILES string of the molecule is CN(Cc1cnn(-c2ccccc2)c1)S(=O)(=O)c1ccc2c(c1)OCCCO2. The molecule has 4 rings (SSSR count). The van der Waals surface area contributed by atoms with Crippen LogP contribution in [0.15, 0.2) is 65.8 Å². The van der Waals surface area contributed by atoms with Gasteiger partial charge in [-0.05, 0) is 24.3 Å². The predicted octanol–water partition coefficient (Wildman–Crippen LogP) is 2.85. The lowest BCUT2D eigenvalue weighted by atomic mass is 10.3. The van der Waals surface area contributed by atoms with Gasteiger partial charge >= 0.3 is 0 Å². The number of fused-ring (bicyclic) bond motifs is 1. The van der Waals surface area contributed by atoms with Gasteiger partial charge in [0, 0.05) is 37.8 Å². The third-order valence-electron chi connectivity index (χ3n) is 4.49. The Morgan fingerprint density at radius 3 is 2.61 bits per heavy atom. The molecule has 146 valence electrons. The van der Waals surface area contributed by atoms with Crippen molar-refractivity contribution in [3.8, 4) is 17.2 Å². The van der Waals surface area contributed by atoms with E-state index < -0.39 is 10.0 Å². The summed E-state index contributed by atoms with van der Waals surface area (Å²) in [6.45, 7) is 1.28. The van der Waals surface area contributed by atoms with E-state index in [4.69, 9.17) is 9.47 Å². The molecule has 2 aromatic carbocycles. The van der Waals surface area contributed by atoms with E-state index in [9.17, 15) is 8.42 Å². The van der Waals surface area contributed by atoms with E-state index >= 15 is 0 Å². The maximum Gasteiger partial charge on any atom is 0.243 e. The summed E-state index contributed by atoms with van der Waals surface area (Å²) >= 11 is 0. The van der Waals surface area contributed by atoms with Crippen LogP contribution in [0.1, 0.15) is 12.0 Å². The normalized spacial score (nSPS) is 14.1. The number of para-hydroxylation sites is 1. The first-order valence-corrected chi connectivity index (χ1v) is 10.4. The Morgan fingerprint density at radius 2 is 1.82 bits per heavy atom. The smallest absolute Gasteiger partial charge is 0.243 e. The van der Waals surface area contributed by atoms with Crippen molar-refractivity contribution in [2.75, 3.05) is 20.3 Å². The van der Waals surface area contributed by atoms with Crippen molar-refractivity contribution in [1.82, 2.24) is 14.1 Å². The molecule has 0 atom stereocenters. The van der Waals surface area contributed by atoms with Gasteiger partial charge in [-0.25, -0.2) is 13.1 Å². The summed E-state index contributed by atoms with van der Waals surface area (Å²) in [4.78, 5) is 0.176. The molecule has 0 fully saturated rings. The number of benzene rings is 2. The summed E-state index contributed by atoms with van der Waals surface area (Å²) in [5.41, 5.74) is 1.71. The van der Waals surface area contributed by atoms with Gasteiger partial charge in [0.25, 0.3) is 0 Å². The minimum Gasteiger partial charge on any atom is -0.490 e. The maximum atomic E-state index is 13.0. The number of ether oxygens (including phenoxy) is 2. The van der Waals surface area contributed by atoms with E-state index in [0.717, 1.165) is 17.7 Å². The van der Waals surface area contributed by atoms with Crippen LogP contribution in [0.2, 0.25) is 0 Å². The van der Waals surface area contributed by atoms with E-state index in [-0.39, 0.29) is 11.4 Å². The van der Waals surface area contributed by atoms with Crippen molar-refractivity contribution in [3.63, 3.8) is 0 Å². The van der Waals surface area contributed by atoms with E-state index in [1.165, 1.54) is 10.4 Å². The highest BCUT2D eigenvalue weighted by Crippen LogP contribution is 2.32. The van der Waals surface area contributed by atoms with Crippen molar-refractivity contribution in [2.24, 2.45) is 0 Å². The molecule has 1 aromatic heterocycles. The van der Waals surface area contributed by atoms with E-state index in [0.29, 0.717) is 24.7 Å². The van der Waals surface area contributed by atoms with Crippen LogP contribution in [0, 0.1) is 0 Å². The monoisotopic (exact) mass is 399 g/mol. The Morgan fingerprint density at radius 1 is 1.07 bits per heavy atom. The molecule has 3 aromatic rings. The highest BCUT2D eigenvalue weighted by molar-refractivity contribution is 7.89. The highest BCUT2D eigenvalue weighted by Gasteiger charge is 2.24. The van der Waals surface area contributed by atoms with Crippen LogP contribution in [0.3, 0.4) is 0 Å². The van der Waals surface area contributed by atoms with Crippen molar-refractivity contribution in [3.05, 3.63) is 66.5 Å². The van der Waals surface area contributed by atoms with Crippen LogP contribution in [0.25, 0.3) is 5.69 Å². The second kappa shape index (κ2) is 7.65. The molecule has 0 bridgehead atoms. The van der Waals surface area contributed by atoms with Crippen LogP contribution < -0.4 is 9.47 Å². The number of aromatic nitrogens is 2. The van der Waals surface area contributed by atoms with Gasteiger partial charge in [-0.2, -0.15) is 9.40 Å². The highest BCUT2D eigenvalue weighted by atomic mass is 32.2. The first-order valence-electron chi connectivity index (χ1n) is 8.99. The molecule has 0 saturated heterocycles. The molecule has 2 heterocycles. The van der Waals surface area contributed by atoms with E-state index in [1.807, 2.05) is 36.5 Å². The van der Waals surface area contributed by atoms with Crippen molar-refractivity contribution in [2.45, 2.75) is 17.9 Å². The molecular formula is C20H21N3O4S. The van der Waals surface area contributed by atoms with Gasteiger partial charge in [0.2, 0.25) is 10.0 Å². The molecular weight excluding hydrogens is 378 g/mol. The molecule has 0 radical (unpaired) electrons. The Balaban J connectivity index is 1.54. The average molecular weight is 399 g/mol. The zero-order valence-electron chi connectivity index (χ0n) is 15.5. The summed E-state index contributed by atoms with van der Waals surface area (Å²) in [6, 6.07) is 14.4. The Labute approximate surface area is 164 Å². The Bertz CT molecular complexity index is 1060. The van der Waals surface area contributed by atoms with Gasteiger partial charge in [0.1, 0.15) is 0 Å². The molecule has 8 heteroatoms. The summed E-state index contributed by atoms with van der Waals surface area (Å²) < 4.78 is 40.2. The van der Waals surface area contributed by atoms with Gasteiger partial charge in [0.15, 0.2) is 11.5 Å². The quantitative estimate of drug-likeness (QED) is 0.660. The van der Waals surface area contributed by atoms with E-state index in [1.54, 1.807) is 30.1 Å². The summed E-state index contributed by atoms with van der Waals surface area (Å²) in [7, 11) is -2.12. The fourth-order valence-corrected chi connectivity index (χ4v) is 4.16. The lowest BCUT2D eigenvalue weighted by Gasteiger charge is -2.17. The topological polar surface area (TPSA) is 73.7 Å². The third kappa shape index (κ3) is 3.74. The third-order valence-corrected chi connectivity index (χ3v) is 6.29. The number of hydrogen-bond donors (Lipinski definition) is 0. The molecule has 7 nitrogen and oxygen atoms in total. The van der Waals surface area contributed by atoms with E-state index in [2.05, 4.69) is 5.10 Å². The molecule has 0 amide bonds. The standard InChI is InChI=1S/C20H21N3O4S/c1-22(14-16-13-21-23(15-16)17-6-3-2-4-7-17)28(24,25)18-8-9-19-20(12-18)27-11-5-10-26-19/h2-4,6-9,12-13,15H,5,10-11,14H2,1H3. The molecule has 1 aliphatic heterocycles. The first-order chi connectivity index (χ1) is 13.5. The summed E-state index contributed by atoms with van der Waals surface area (Å²) in [5, 5.41) is 4.32. The molecule has 28 heavy (non-hydrogen) atoms. The van der Waals surface area contributed by atoms with Crippen molar-refractivity contribution >= 4 is 10.0 Å². The molecule has 1 aliphatic rings. The lowest BCUT2D eigenvalue weighted by molar-refractivity contribution is 0.297. The second-order valence-electron chi connectivity index (χ2n) is 6.55. The van der Waals surface area contributed by atoms with Crippen LogP contribution in [-0.4, -0.2) is 42.8 Å². The van der Waals surface area contributed by atoms with Crippen molar-refractivity contribution < 1.29 is 17.9 Å². The van der Waals surface area contributed by atoms with Gasteiger partial charge in [0.05, 0.1) is 30.0 Å². The number of nitrogens with zero attached hydrogens (tertiary/aromatic N) is 3. The average Bonchev–Trinajstić information content (AvgIpc) is 3.04. The second-order valence-corrected chi connectivity index (χ2v) is 8.59. The van der Waals surface area contributed by atoms with Crippen molar-refractivity contribution in [1.29, 1.82) is 0 Å². The Hall–Kier alpha value is -2.84.